The summed E-state index contributed by atoms with van der Waals surface area (Å²) in [5.41, 5.74) is 10.6. The Kier molecular flexibility index (Phi) is 6.86. The van der Waals surface area contributed by atoms with Gasteiger partial charge in [-0.05, 0) is 56.9 Å². The van der Waals surface area contributed by atoms with Crippen molar-refractivity contribution in [2.75, 3.05) is 12.3 Å². The van der Waals surface area contributed by atoms with Crippen LogP contribution in [0.1, 0.15) is 43.0 Å². The van der Waals surface area contributed by atoms with Crippen LogP contribution in [0.15, 0.2) is 52.6 Å². The van der Waals surface area contributed by atoms with Gasteiger partial charge in [-0.15, -0.1) is 0 Å². The quantitative estimate of drug-likeness (QED) is 0.352. The van der Waals surface area contributed by atoms with Crippen LogP contribution in [0.5, 0.6) is 0 Å². The minimum atomic E-state index is -0.493. The van der Waals surface area contributed by atoms with Crippen molar-refractivity contribution in [2.45, 2.75) is 54.5 Å². The highest BCUT2D eigenvalue weighted by atomic mass is 32.2. The van der Waals surface area contributed by atoms with Gasteiger partial charge in [0.1, 0.15) is 24.0 Å². The molecule has 0 saturated heterocycles. The van der Waals surface area contributed by atoms with Crippen LogP contribution < -0.4 is 11.1 Å². The highest BCUT2D eigenvalue weighted by Crippen LogP contribution is 2.39. The molecule has 1 aliphatic rings. The normalized spacial score (nSPS) is 17.6. The Morgan fingerprint density at radius 3 is 2.76 bits per heavy atom. The molecule has 1 fully saturated rings. The molecule has 3 heterocycles. The number of amides is 1. The maximum Gasteiger partial charge on any atom is 0.245 e. The lowest BCUT2D eigenvalue weighted by Crippen LogP contribution is -2.39. The van der Waals surface area contributed by atoms with Gasteiger partial charge in [-0.2, -0.15) is 15.5 Å². The minimum absolute atomic E-state index is 0.0725. The number of fused-ring (bicyclic) bond motifs is 1. The number of rotatable bonds is 6. The van der Waals surface area contributed by atoms with E-state index < -0.39 is 12.4 Å². The Hall–Kier alpha value is -3.88. The van der Waals surface area contributed by atoms with Crippen LogP contribution in [0.25, 0.3) is 16.6 Å². The van der Waals surface area contributed by atoms with Crippen molar-refractivity contribution in [1.82, 2.24) is 24.7 Å². The number of benzene rings is 1. The summed E-state index contributed by atoms with van der Waals surface area (Å²) < 4.78 is 17.4. The monoisotopic (exact) mass is 519 g/mol. The molecule has 9 nitrogen and oxygen atoms in total. The van der Waals surface area contributed by atoms with Crippen molar-refractivity contribution < 1.29 is 14.3 Å². The van der Waals surface area contributed by atoms with Gasteiger partial charge in [-0.3, -0.25) is 9.48 Å². The Labute approximate surface area is 217 Å². The summed E-state index contributed by atoms with van der Waals surface area (Å²) in [5.74, 6) is -0.802. The number of aliphatic hydroxyl groups is 1. The second-order valence-corrected chi connectivity index (χ2v) is 10.2. The fourth-order valence-electron chi connectivity index (χ4n) is 4.94. The van der Waals surface area contributed by atoms with Gasteiger partial charge in [0.25, 0.3) is 0 Å². The zero-order chi connectivity index (χ0) is 26.1. The van der Waals surface area contributed by atoms with Crippen molar-refractivity contribution in [3.05, 3.63) is 59.9 Å². The van der Waals surface area contributed by atoms with Gasteiger partial charge >= 0.3 is 0 Å². The molecule has 0 radical (unpaired) electrons. The number of nitrogen functional groups attached to an aromatic ring is 1. The molecule has 0 spiro atoms. The molecular formula is C26H26FN7O2S. The summed E-state index contributed by atoms with van der Waals surface area (Å²) in [6.07, 6.45) is 8.72. The predicted molar refractivity (Wildman–Crippen MR) is 137 cm³/mol. The molecule has 5 rings (SSSR count). The Balaban J connectivity index is 1.45. The van der Waals surface area contributed by atoms with E-state index in [1.165, 1.54) is 23.9 Å². The number of nitrogens with two attached hydrogens (primary N) is 1. The number of anilines is 1. The third-order valence-electron chi connectivity index (χ3n) is 6.79. The molecular weight excluding hydrogens is 493 g/mol. The Morgan fingerprint density at radius 1 is 1.24 bits per heavy atom. The average molecular weight is 520 g/mol. The number of nitrogens with zero attached hydrogens (tertiary/aromatic N) is 5. The predicted octanol–water partition coefficient (Wildman–Crippen LogP) is 3.84. The third kappa shape index (κ3) is 4.90. The smallest absolute Gasteiger partial charge is 0.245 e. The largest absolute Gasteiger partial charge is 0.396 e. The summed E-state index contributed by atoms with van der Waals surface area (Å²) in [4.78, 5) is 12.9. The summed E-state index contributed by atoms with van der Waals surface area (Å²) >= 11 is 1.34. The van der Waals surface area contributed by atoms with Crippen LogP contribution in [-0.4, -0.2) is 43.1 Å². The van der Waals surface area contributed by atoms with Gasteiger partial charge in [0.05, 0.1) is 29.7 Å². The van der Waals surface area contributed by atoms with Gasteiger partial charge in [-0.25, -0.2) is 8.91 Å². The van der Waals surface area contributed by atoms with Gasteiger partial charge in [0.15, 0.2) is 0 Å². The first-order valence-electron chi connectivity index (χ1n) is 12.0. The van der Waals surface area contributed by atoms with Crippen LogP contribution in [0.2, 0.25) is 0 Å². The van der Waals surface area contributed by atoms with E-state index >= 15 is 0 Å². The van der Waals surface area contributed by atoms with Gasteiger partial charge < -0.3 is 16.2 Å². The third-order valence-corrected chi connectivity index (χ3v) is 7.90. The van der Waals surface area contributed by atoms with E-state index in [2.05, 4.69) is 16.5 Å². The number of halogens is 1. The molecule has 11 heteroatoms. The van der Waals surface area contributed by atoms with E-state index in [0.717, 1.165) is 52.9 Å². The molecule has 190 valence electrons. The number of aromatic nitrogens is 4. The number of carbonyl (C=O) groups excluding carboxylic acids is 1. The van der Waals surface area contributed by atoms with Crippen molar-refractivity contribution in [2.24, 2.45) is 0 Å². The first-order valence-corrected chi connectivity index (χ1v) is 12.8. The maximum absolute atomic E-state index is 13.7. The minimum Gasteiger partial charge on any atom is -0.396 e. The van der Waals surface area contributed by atoms with Crippen LogP contribution in [0.3, 0.4) is 0 Å². The number of aliphatic hydroxyl groups excluding tert-OH is 1. The number of pyridine rings is 1. The van der Waals surface area contributed by atoms with Crippen LogP contribution in [0.4, 0.5) is 10.1 Å². The Bertz CT molecular complexity index is 1520. The van der Waals surface area contributed by atoms with Gasteiger partial charge in [0, 0.05) is 38.9 Å². The highest BCUT2D eigenvalue weighted by Gasteiger charge is 2.26. The number of carbonyl (C=O) groups is 1. The summed E-state index contributed by atoms with van der Waals surface area (Å²) in [6, 6.07) is 8.50. The van der Waals surface area contributed by atoms with Crippen LogP contribution >= 0.6 is 11.8 Å². The Morgan fingerprint density at radius 2 is 2.03 bits per heavy atom. The first-order chi connectivity index (χ1) is 17.9. The number of hydrogen-bond donors (Lipinski definition) is 3. The molecule has 37 heavy (non-hydrogen) atoms. The fourth-order valence-corrected chi connectivity index (χ4v) is 6.02. The molecule has 1 aromatic carbocycles. The summed E-state index contributed by atoms with van der Waals surface area (Å²) in [6.45, 7) is 1.54. The lowest BCUT2D eigenvalue weighted by molar-refractivity contribution is -0.124. The van der Waals surface area contributed by atoms with Gasteiger partial charge in [0.2, 0.25) is 5.91 Å². The molecule has 3 aromatic heterocycles. The van der Waals surface area contributed by atoms with E-state index in [1.807, 2.05) is 30.1 Å². The SMILES string of the molecule is Cc1c(-c2cc(Sc3ccc(F)cc3C#N)c3c(N)cnn3c2)cnn1C1CCC(NC(=O)CO)CC1. The van der Waals surface area contributed by atoms with E-state index in [9.17, 15) is 14.4 Å². The molecule has 0 aliphatic heterocycles. The molecule has 0 atom stereocenters. The highest BCUT2D eigenvalue weighted by molar-refractivity contribution is 7.99. The van der Waals surface area contributed by atoms with Crippen molar-refractivity contribution in [1.29, 1.82) is 5.26 Å². The number of nitriles is 1. The van der Waals surface area contributed by atoms with Gasteiger partial charge in [-0.1, -0.05) is 11.8 Å². The molecule has 0 bridgehead atoms. The number of nitrogens with one attached hydrogen (secondary N) is 1. The van der Waals surface area contributed by atoms with Crippen molar-refractivity contribution >= 4 is 28.9 Å². The zero-order valence-electron chi connectivity index (χ0n) is 20.2. The zero-order valence-corrected chi connectivity index (χ0v) is 21.0. The molecule has 4 N–H and O–H groups in total. The lowest BCUT2D eigenvalue weighted by atomic mass is 9.91. The number of hydrogen-bond acceptors (Lipinski definition) is 7. The van der Waals surface area contributed by atoms with Crippen molar-refractivity contribution in [3.63, 3.8) is 0 Å². The summed E-state index contributed by atoms with van der Waals surface area (Å²) in [5, 5.41) is 30.4. The second-order valence-electron chi connectivity index (χ2n) is 9.16. The van der Waals surface area contributed by atoms with Crippen LogP contribution in [0, 0.1) is 24.1 Å². The fraction of sp³-hybridized carbons (Fsp3) is 0.308. The van der Waals surface area contributed by atoms with E-state index in [-0.39, 0.29) is 23.6 Å². The molecule has 4 aromatic rings. The topological polar surface area (TPSA) is 134 Å². The molecule has 1 amide bonds. The second kappa shape index (κ2) is 10.2. The van der Waals surface area contributed by atoms with Crippen molar-refractivity contribution in [3.8, 4) is 17.2 Å². The lowest BCUT2D eigenvalue weighted by Gasteiger charge is -2.30. The summed E-state index contributed by atoms with van der Waals surface area (Å²) in [7, 11) is 0. The molecule has 1 aliphatic carbocycles. The average Bonchev–Trinajstić information content (AvgIpc) is 3.47. The van der Waals surface area contributed by atoms with E-state index in [4.69, 9.17) is 15.9 Å². The first kappa shape index (κ1) is 24.8. The van der Waals surface area contributed by atoms with Crippen LogP contribution in [-0.2, 0) is 4.79 Å². The maximum atomic E-state index is 13.7. The van der Waals surface area contributed by atoms with E-state index in [0.29, 0.717) is 10.6 Å². The molecule has 0 unspecified atom stereocenters. The molecule has 1 saturated carbocycles. The van der Waals surface area contributed by atoms with E-state index in [1.54, 1.807) is 16.8 Å². The standard InChI is InChI=1S/C26H26FN7O2S/c1-15-21(11-31-34(15)20-5-3-19(4-6-20)32-25(36)14-35)17-9-24(26-22(29)12-30-33(26)13-17)37-23-7-2-18(27)8-16(23)10-28/h2,7-9,11-13,19-20,35H,3-6,14,29H2,1H3,(H,32,36).